The second kappa shape index (κ2) is 4.52. The van der Waals surface area contributed by atoms with Gasteiger partial charge in [0.05, 0.1) is 6.54 Å². The molecule has 1 amide bonds. The van der Waals surface area contributed by atoms with Gasteiger partial charge in [0, 0.05) is 19.4 Å². The molecule has 0 aliphatic heterocycles. The van der Waals surface area contributed by atoms with Crippen molar-refractivity contribution in [3.8, 4) is 0 Å². The summed E-state index contributed by atoms with van der Waals surface area (Å²) in [5.41, 5.74) is 0. The van der Waals surface area contributed by atoms with E-state index in [1.807, 2.05) is 6.07 Å². The van der Waals surface area contributed by atoms with E-state index >= 15 is 0 Å². The van der Waals surface area contributed by atoms with Crippen molar-refractivity contribution in [3.05, 3.63) is 41.3 Å². The highest BCUT2D eigenvalue weighted by atomic mass is 79.9. The molecule has 0 atom stereocenters. The molecule has 0 spiro atoms. The minimum atomic E-state index is -0.148. The molecular weight excluding hydrogens is 274 g/mol. The number of carbonyl (C=O) groups is 1. The van der Waals surface area contributed by atoms with Crippen molar-refractivity contribution >= 4 is 22.0 Å². The minimum Gasteiger partial charge on any atom is -0.452 e. The fourth-order valence-corrected chi connectivity index (χ4v) is 1.65. The monoisotopic (exact) mass is 283 g/mol. The number of nitrogens with zero attached hydrogens (tertiary/aromatic N) is 3. The van der Waals surface area contributed by atoms with Crippen LogP contribution < -0.4 is 0 Å². The number of imidazole rings is 1. The maximum Gasteiger partial charge on any atom is 0.329 e. The molecule has 0 aliphatic rings. The van der Waals surface area contributed by atoms with Crippen molar-refractivity contribution in [1.82, 2.24) is 14.5 Å². The maximum absolute atomic E-state index is 11.8. The first-order valence-electron chi connectivity index (χ1n) is 4.64. The number of hydrogen-bond donors (Lipinski definition) is 0. The van der Waals surface area contributed by atoms with E-state index in [0.717, 1.165) is 5.76 Å². The summed E-state index contributed by atoms with van der Waals surface area (Å²) in [5, 5.41) is 0. The minimum absolute atomic E-state index is 0.148. The molecule has 0 saturated heterocycles. The Hall–Kier alpha value is -1.56. The zero-order chi connectivity index (χ0) is 11.5. The quantitative estimate of drug-likeness (QED) is 0.850. The third kappa shape index (κ3) is 2.33. The number of furan rings is 1. The number of rotatable bonds is 2. The average molecular weight is 284 g/mol. The third-order valence-corrected chi connectivity index (χ3v) is 2.50. The first-order valence-corrected chi connectivity index (χ1v) is 5.44. The second-order valence-corrected chi connectivity index (χ2v) is 4.10. The van der Waals surface area contributed by atoms with Crippen LogP contribution in [0.5, 0.6) is 0 Å². The van der Waals surface area contributed by atoms with Crippen molar-refractivity contribution in [2.75, 3.05) is 7.05 Å². The van der Waals surface area contributed by atoms with Crippen molar-refractivity contribution in [2.45, 2.75) is 6.54 Å². The third-order valence-electron chi connectivity index (χ3n) is 2.07. The molecule has 0 aromatic carbocycles. The first kappa shape index (κ1) is 10.9. The summed E-state index contributed by atoms with van der Waals surface area (Å²) < 4.78 is 7.39. The zero-order valence-electron chi connectivity index (χ0n) is 8.63. The Balaban J connectivity index is 2.03. The number of aromatic nitrogens is 2. The van der Waals surface area contributed by atoms with Crippen molar-refractivity contribution in [3.63, 3.8) is 0 Å². The number of carbonyl (C=O) groups excluding carboxylic acids is 1. The van der Waals surface area contributed by atoms with Crippen molar-refractivity contribution in [2.24, 2.45) is 0 Å². The summed E-state index contributed by atoms with van der Waals surface area (Å²) in [7, 11) is 1.71. The van der Waals surface area contributed by atoms with Gasteiger partial charge in [0.25, 0.3) is 0 Å². The Morgan fingerprint density at radius 1 is 1.62 bits per heavy atom. The van der Waals surface area contributed by atoms with Gasteiger partial charge < -0.3 is 9.32 Å². The zero-order valence-corrected chi connectivity index (χ0v) is 10.2. The van der Waals surface area contributed by atoms with Crippen molar-refractivity contribution in [1.29, 1.82) is 0 Å². The molecule has 0 saturated carbocycles. The lowest BCUT2D eigenvalue weighted by atomic mass is 10.4. The Labute approximate surface area is 101 Å². The van der Waals surface area contributed by atoms with Crippen LogP contribution in [-0.2, 0) is 6.54 Å². The summed E-state index contributed by atoms with van der Waals surface area (Å²) >= 11 is 3.21. The molecule has 2 aromatic heterocycles. The SMILES string of the molecule is CN(Cc1ccc(Br)o1)C(=O)n1ccnc1. The number of hydrogen-bond acceptors (Lipinski definition) is 3. The fourth-order valence-electron chi connectivity index (χ4n) is 1.31. The van der Waals surface area contributed by atoms with E-state index in [9.17, 15) is 4.79 Å². The Morgan fingerprint density at radius 2 is 2.44 bits per heavy atom. The molecular formula is C10H10BrN3O2. The average Bonchev–Trinajstić information content (AvgIpc) is 2.88. The van der Waals surface area contributed by atoms with E-state index in [1.165, 1.54) is 10.9 Å². The summed E-state index contributed by atoms with van der Waals surface area (Å²) in [6.45, 7) is 0.419. The molecule has 0 N–H and O–H groups in total. The van der Waals surface area contributed by atoms with Gasteiger partial charge in [-0.3, -0.25) is 4.57 Å². The van der Waals surface area contributed by atoms with E-state index in [0.29, 0.717) is 11.2 Å². The predicted molar refractivity (Wildman–Crippen MR) is 60.9 cm³/mol. The van der Waals surface area contributed by atoms with Gasteiger partial charge >= 0.3 is 6.03 Å². The Morgan fingerprint density at radius 3 is 3.00 bits per heavy atom. The molecule has 0 radical (unpaired) electrons. The van der Waals surface area contributed by atoms with Gasteiger partial charge in [0.15, 0.2) is 4.67 Å². The maximum atomic E-state index is 11.8. The molecule has 0 fully saturated rings. The molecule has 2 heterocycles. The van der Waals surface area contributed by atoms with E-state index in [1.54, 1.807) is 30.4 Å². The lowest BCUT2D eigenvalue weighted by Crippen LogP contribution is -2.29. The molecule has 5 nitrogen and oxygen atoms in total. The smallest absolute Gasteiger partial charge is 0.329 e. The van der Waals surface area contributed by atoms with E-state index < -0.39 is 0 Å². The van der Waals surface area contributed by atoms with Gasteiger partial charge in [-0.2, -0.15) is 0 Å². The van der Waals surface area contributed by atoms with Crippen LogP contribution in [0.15, 0.2) is 39.9 Å². The second-order valence-electron chi connectivity index (χ2n) is 3.31. The highest BCUT2D eigenvalue weighted by Gasteiger charge is 2.12. The topological polar surface area (TPSA) is 51.3 Å². The molecule has 2 rings (SSSR count). The summed E-state index contributed by atoms with van der Waals surface area (Å²) in [6.07, 6.45) is 4.64. The van der Waals surface area contributed by atoms with Crippen LogP contribution >= 0.6 is 15.9 Å². The summed E-state index contributed by atoms with van der Waals surface area (Å²) in [4.78, 5) is 17.2. The number of amides is 1. The van der Waals surface area contributed by atoms with E-state index in [4.69, 9.17) is 4.42 Å². The molecule has 6 heteroatoms. The lowest BCUT2D eigenvalue weighted by molar-refractivity contribution is 0.204. The standard InChI is InChI=1S/C10H10BrN3O2/c1-13(6-8-2-3-9(11)16-8)10(15)14-5-4-12-7-14/h2-5,7H,6H2,1H3. The molecule has 84 valence electrons. The van der Waals surface area contributed by atoms with Crippen LogP contribution in [0.1, 0.15) is 5.76 Å². The highest BCUT2D eigenvalue weighted by molar-refractivity contribution is 9.10. The molecule has 0 aliphatic carbocycles. The normalized spacial score (nSPS) is 10.4. The van der Waals surface area contributed by atoms with Crippen LogP contribution in [0.3, 0.4) is 0 Å². The molecule has 16 heavy (non-hydrogen) atoms. The highest BCUT2D eigenvalue weighted by Crippen LogP contribution is 2.15. The molecule has 2 aromatic rings. The van der Waals surface area contributed by atoms with Gasteiger partial charge in [-0.05, 0) is 28.1 Å². The van der Waals surface area contributed by atoms with Crippen LogP contribution in [0.4, 0.5) is 4.79 Å². The van der Waals surface area contributed by atoms with Gasteiger partial charge in [-0.25, -0.2) is 9.78 Å². The number of halogens is 1. The van der Waals surface area contributed by atoms with Crippen LogP contribution in [-0.4, -0.2) is 27.5 Å². The first-order chi connectivity index (χ1) is 7.66. The summed E-state index contributed by atoms with van der Waals surface area (Å²) in [6, 6.07) is 3.47. The fraction of sp³-hybridized carbons (Fsp3) is 0.200. The van der Waals surface area contributed by atoms with Gasteiger partial charge in [-0.15, -0.1) is 0 Å². The van der Waals surface area contributed by atoms with Crippen LogP contribution in [0.25, 0.3) is 0 Å². The van der Waals surface area contributed by atoms with Gasteiger partial charge in [-0.1, -0.05) is 0 Å². The van der Waals surface area contributed by atoms with Crippen molar-refractivity contribution < 1.29 is 9.21 Å². The lowest BCUT2D eigenvalue weighted by Gasteiger charge is -2.15. The molecule has 0 unspecified atom stereocenters. The molecule has 0 bridgehead atoms. The predicted octanol–water partition coefficient (Wildman–Crippen LogP) is 2.34. The van der Waals surface area contributed by atoms with Crippen LogP contribution in [0, 0.1) is 0 Å². The van der Waals surface area contributed by atoms with E-state index in [-0.39, 0.29) is 6.03 Å². The van der Waals surface area contributed by atoms with Crippen LogP contribution in [0.2, 0.25) is 0 Å². The largest absolute Gasteiger partial charge is 0.452 e. The Kier molecular flexibility index (Phi) is 3.09. The van der Waals surface area contributed by atoms with Gasteiger partial charge in [0.2, 0.25) is 0 Å². The summed E-state index contributed by atoms with van der Waals surface area (Å²) in [5.74, 6) is 0.725. The van der Waals surface area contributed by atoms with Gasteiger partial charge in [0.1, 0.15) is 12.1 Å². The van der Waals surface area contributed by atoms with E-state index in [2.05, 4.69) is 20.9 Å². The Bertz CT molecular complexity index is 478.